The van der Waals surface area contributed by atoms with Gasteiger partial charge in [-0.05, 0) is 11.8 Å². The molecule has 6 heteroatoms. The molecule has 0 bridgehead atoms. The highest BCUT2D eigenvalue weighted by Gasteiger charge is 2.25. The third-order valence-electron chi connectivity index (χ3n) is 1.33. The van der Waals surface area contributed by atoms with E-state index in [0.29, 0.717) is 6.42 Å². The maximum atomic E-state index is 10.4. The number of aliphatic hydroxyl groups excluding tert-OH is 1. The molecule has 0 fully saturated rings. The first-order chi connectivity index (χ1) is 5.64. The second kappa shape index (κ2) is 4.53. The summed E-state index contributed by atoms with van der Waals surface area (Å²) < 4.78 is 14.8. The van der Waals surface area contributed by atoms with Crippen molar-refractivity contribution in [3.63, 3.8) is 0 Å². The Morgan fingerprint density at radius 1 is 1.38 bits per heavy atom. The molecule has 0 aliphatic rings. The first kappa shape index (κ1) is 13.1. The van der Waals surface area contributed by atoms with E-state index >= 15 is 0 Å². The van der Waals surface area contributed by atoms with E-state index in [0.717, 1.165) is 0 Å². The van der Waals surface area contributed by atoms with Gasteiger partial charge in [0.2, 0.25) is 0 Å². The molecule has 5 nitrogen and oxygen atoms in total. The molecule has 80 valence electrons. The van der Waals surface area contributed by atoms with Crippen LogP contribution in [0.3, 0.4) is 0 Å². The third-order valence-corrected chi connectivity index (χ3v) is 1.90. The molecule has 1 unspecified atom stereocenters. The van der Waals surface area contributed by atoms with Crippen molar-refractivity contribution in [3.8, 4) is 0 Å². The minimum Gasteiger partial charge on any atom is -0.394 e. The molecule has 0 saturated heterocycles. The van der Waals surface area contributed by atoms with Crippen molar-refractivity contribution in [2.45, 2.75) is 33.3 Å². The summed E-state index contributed by atoms with van der Waals surface area (Å²) in [6, 6.07) is 0. The molecule has 0 saturated carbocycles. The molecule has 0 aromatic heterocycles. The van der Waals surface area contributed by atoms with Crippen molar-refractivity contribution < 1.29 is 24.0 Å². The fourth-order valence-corrected chi connectivity index (χ4v) is 1.54. The number of rotatable bonds is 4. The fraction of sp³-hybridized carbons (Fsp3) is 1.00. The van der Waals surface area contributed by atoms with E-state index < -0.39 is 13.9 Å². The van der Waals surface area contributed by atoms with Crippen molar-refractivity contribution in [1.29, 1.82) is 0 Å². The summed E-state index contributed by atoms with van der Waals surface area (Å²) in [5, 5.41) is 8.78. The molecule has 0 aromatic carbocycles. The number of phosphoric acid groups is 1. The standard InChI is InChI=1S/C7H17O5P/c1-7(2,3)4-6(5-8)12-13(9,10)11/h6,8H,4-5H2,1-3H3,(H2,9,10,11). The van der Waals surface area contributed by atoms with Crippen LogP contribution in [0.5, 0.6) is 0 Å². The topological polar surface area (TPSA) is 87.0 Å². The molecule has 3 N–H and O–H groups in total. The van der Waals surface area contributed by atoms with Crippen LogP contribution in [0.1, 0.15) is 27.2 Å². The normalized spacial score (nSPS) is 15.8. The molecule has 0 aromatic rings. The van der Waals surface area contributed by atoms with E-state index in [1.165, 1.54) is 0 Å². The Morgan fingerprint density at radius 3 is 2.08 bits per heavy atom. The monoisotopic (exact) mass is 212 g/mol. The van der Waals surface area contributed by atoms with Gasteiger partial charge in [0.05, 0.1) is 12.7 Å². The van der Waals surface area contributed by atoms with E-state index in [4.69, 9.17) is 14.9 Å². The predicted octanol–water partition coefficient (Wildman–Crippen LogP) is 0.893. The van der Waals surface area contributed by atoms with Crippen molar-refractivity contribution in [2.75, 3.05) is 6.61 Å². The summed E-state index contributed by atoms with van der Waals surface area (Å²) >= 11 is 0. The molecular weight excluding hydrogens is 195 g/mol. The lowest BCUT2D eigenvalue weighted by Gasteiger charge is -2.24. The Kier molecular flexibility index (Phi) is 4.55. The van der Waals surface area contributed by atoms with Gasteiger partial charge in [0.25, 0.3) is 0 Å². The molecule has 0 amide bonds. The lowest BCUT2D eigenvalue weighted by Crippen LogP contribution is -2.23. The fourth-order valence-electron chi connectivity index (χ4n) is 1.01. The van der Waals surface area contributed by atoms with Gasteiger partial charge in [-0.15, -0.1) is 0 Å². The van der Waals surface area contributed by atoms with Crippen molar-refractivity contribution in [1.82, 2.24) is 0 Å². The molecule has 0 rings (SSSR count). The largest absolute Gasteiger partial charge is 0.469 e. The van der Waals surface area contributed by atoms with Gasteiger partial charge in [0.1, 0.15) is 0 Å². The van der Waals surface area contributed by atoms with Gasteiger partial charge in [-0.1, -0.05) is 20.8 Å². The Hall–Kier alpha value is 0.0700. The van der Waals surface area contributed by atoms with Crippen LogP contribution in [0, 0.1) is 5.41 Å². The number of hydrogen-bond donors (Lipinski definition) is 3. The van der Waals surface area contributed by atoms with Crippen LogP contribution in [0.4, 0.5) is 0 Å². The maximum Gasteiger partial charge on any atom is 0.469 e. The van der Waals surface area contributed by atoms with Crippen LogP contribution >= 0.6 is 7.82 Å². The number of aliphatic hydroxyl groups is 1. The Morgan fingerprint density at radius 2 is 1.85 bits per heavy atom. The van der Waals surface area contributed by atoms with Crippen LogP contribution in [-0.2, 0) is 9.09 Å². The zero-order valence-corrected chi connectivity index (χ0v) is 8.99. The van der Waals surface area contributed by atoms with E-state index in [1.54, 1.807) is 0 Å². The lowest BCUT2D eigenvalue weighted by molar-refractivity contribution is 0.0529. The summed E-state index contributed by atoms with van der Waals surface area (Å²) in [6.07, 6.45) is -0.407. The van der Waals surface area contributed by atoms with Crippen LogP contribution in [0.15, 0.2) is 0 Å². The maximum absolute atomic E-state index is 10.4. The molecule has 0 heterocycles. The highest BCUT2D eigenvalue weighted by Crippen LogP contribution is 2.39. The van der Waals surface area contributed by atoms with E-state index in [-0.39, 0.29) is 12.0 Å². The van der Waals surface area contributed by atoms with Crippen molar-refractivity contribution in [2.24, 2.45) is 5.41 Å². The molecule has 1 atom stereocenters. The summed E-state index contributed by atoms with van der Waals surface area (Å²) in [4.78, 5) is 17.0. The SMILES string of the molecule is CC(C)(C)CC(CO)OP(=O)(O)O. The van der Waals surface area contributed by atoms with Gasteiger partial charge in [-0.2, -0.15) is 0 Å². The second-order valence-electron chi connectivity index (χ2n) is 4.17. The third kappa shape index (κ3) is 8.40. The minimum absolute atomic E-state index is 0.136. The zero-order valence-electron chi connectivity index (χ0n) is 8.10. The van der Waals surface area contributed by atoms with E-state index in [1.807, 2.05) is 20.8 Å². The van der Waals surface area contributed by atoms with Gasteiger partial charge in [-0.3, -0.25) is 4.52 Å². The smallest absolute Gasteiger partial charge is 0.394 e. The van der Waals surface area contributed by atoms with Gasteiger partial charge in [0.15, 0.2) is 0 Å². The van der Waals surface area contributed by atoms with Gasteiger partial charge in [0, 0.05) is 0 Å². The number of hydrogen-bond acceptors (Lipinski definition) is 3. The van der Waals surface area contributed by atoms with Crippen LogP contribution in [0.2, 0.25) is 0 Å². The Labute approximate surface area is 78.0 Å². The van der Waals surface area contributed by atoms with Gasteiger partial charge in [-0.25, -0.2) is 4.57 Å². The van der Waals surface area contributed by atoms with Crippen LogP contribution < -0.4 is 0 Å². The van der Waals surface area contributed by atoms with Crippen LogP contribution in [0.25, 0.3) is 0 Å². The lowest BCUT2D eigenvalue weighted by atomic mass is 9.89. The molecule has 0 radical (unpaired) electrons. The highest BCUT2D eigenvalue weighted by molar-refractivity contribution is 7.46. The molecule has 0 spiro atoms. The summed E-state index contributed by atoms with van der Waals surface area (Å²) in [5.74, 6) is 0. The molecule has 0 aliphatic heterocycles. The van der Waals surface area contributed by atoms with E-state index in [2.05, 4.69) is 4.52 Å². The van der Waals surface area contributed by atoms with Gasteiger partial charge >= 0.3 is 7.82 Å². The second-order valence-corrected chi connectivity index (χ2v) is 5.36. The van der Waals surface area contributed by atoms with Crippen molar-refractivity contribution in [3.05, 3.63) is 0 Å². The summed E-state index contributed by atoms with van der Waals surface area (Å²) in [7, 11) is -4.48. The van der Waals surface area contributed by atoms with E-state index in [9.17, 15) is 4.57 Å². The average molecular weight is 212 g/mol. The Bertz CT molecular complexity index is 192. The first-order valence-corrected chi connectivity index (χ1v) is 5.52. The average Bonchev–Trinajstić information content (AvgIpc) is 1.79. The molecule has 0 aliphatic carbocycles. The zero-order chi connectivity index (χ0) is 10.7. The minimum atomic E-state index is -4.48. The van der Waals surface area contributed by atoms with Crippen LogP contribution in [-0.4, -0.2) is 27.6 Å². The highest BCUT2D eigenvalue weighted by atomic mass is 31.2. The number of phosphoric ester groups is 1. The quantitative estimate of drug-likeness (QED) is 0.602. The molecular formula is C7H17O5P. The summed E-state index contributed by atoms with van der Waals surface area (Å²) in [6.45, 7) is 5.32. The van der Waals surface area contributed by atoms with Crippen molar-refractivity contribution >= 4 is 7.82 Å². The predicted molar refractivity (Wildman–Crippen MR) is 48.1 cm³/mol. The first-order valence-electron chi connectivity index (χ1n) is 3.99. The summed E-state index contributed by atoms with van der Waals surface area (Å²) in [5.41, 5.74) is -0.136. The van der Waals surface area contributed by atoms with Gasteiger partial charge < -0.3 is 14.9 Å². The molecule has 13 heavy (non-hydrogen) atoms. The Balaban J connectivity index is 4.13.